The molecule has 17 heavy (non-hydrogen) atoms. The molecule has 0 radical (unpaired) electrons. The van der Waals surface area contributed by atoms with Gasteiger partial charge in [-0.3, -0.25) is 9.59 Å². The standard InChI is InChI=1S/C12H23N3O2/c1-9(10(16)15(3)4)14-11(17)12(2)6-5-7-13-8-12/h9,13H,5-8H2,1-4H3,(H,14,17). The van der Waals surface area contributed by atoms with Gasteiger partial charge in [0, 0.05) is 20.6 Å². The van der Waals surface area contributed by atoms with E-state index in [2.05, 4.69) is 10.6 Å². The molecule has 1 saturated heterocycles. The number of nitrogens with one attached hydrogen (secondary N) is 2. The first-order valence-corrected chi connectivity index (χ1v) is 6.10. The topological polar surface area (TPSA) is 61.4 Å². The van der Waals surface area contributed by atoms with Gasteiger partial charge in [-0.2, -0.15) is 0 Å². The van der Waals surface area contributed by atoms with Crippen LogP contribution in [0.2, 0.25) is 0 Å². The Morgan fingerprint density at radius 1 is 1.41 bits per heavy atom. The summed E-state index contributed by atoms with van der Waals surface area (Å²) in [4.78, 5) is 25.3. The van der Waals surface area contributed by atoms with Crippen molar-refractivity contribution < 1.29 is 9.59 Å². The van der Waals surface area contributed by atoms with Gasteiger partial charge in [0.1, 0.15) is 6.04 Å². The van der Waals surface area contributed by atoms with E-state index in [1.54, 1.807) is 21.0 Å². The molecule has 0 aromatic carbocycles. The molecule has 0 aliphatic carbocycles. The van der Waals surface area contributed by atoms with Crippen LogP contribution in [-0.4, -0.2) is 49.9 Å². The first-order valence-electron chi connectivity index (χ1n) is 6.10. The van der Waals surface area contributed by atoms with E-state index in [0.29, 0.717) is 6.54 Å². The first-order chi connectivity index (χ1) is 7.87. The summed E-state index contributed by atoms with van der Waals surface area (Å²) in [7, 11) is 3.38. The van der Waals surface area contributed by atoms with E-state index < -0.39 is 6.04 Å². The lowest BCUT2D eigenvalue weighted by Crippen LogP contribution is -2.53. The molecule has 1 rings (SSSR count). The number of carbonyl (C=O) groups excluding carboxylic acids is 2. The van der Waals surface area contributed by atoms with E-state index in [4.69, 9.17) is 0 Å². The van der Waals surface area contributed by atoms with E-state index in [1.807, 2.05) is 6.92 Å². The predicted octanol–water partition coefficient (Wildman–Crippen LogP) is -0.0310. The number of amides is 2. The van der Waals surface area contributed by atoms with Crippen LogP contribution in [0.4, 0.5) is 0 Å². The maximum absolute atomic E-state index is 12.1. The molecule has 1 heterocycles. The highest BCUT2D eigenvalue weighted by Gasteiger charge is 2.35. The summed E-state index contributed by atoms with van der Waals surface area (Å²) in [5.74, 6) is -0.113. The van der Waals surface area contributed by atoms with Crippen molar-refractivity contribution in [3.05, 3.63) is 0 Å². The third-order valence-electron chi connectivity index (χ3n) is 3.30. The Morgan fingerprint density at radius 3 is 2.53 bits per heavy atom. The smallest absolute Gasteiger partial charge is 0.244 e. The zero-order chi connectivity index (χ0) is 13.1. The minimum atomic E-state index is -0.462. The Morgan fingerprint density at radius 2 is 2.06 bits per heavy atom. The molecule has 1 aliphatic heterocycles. The van der Waals surface area contributed by atoms with E-state index in [9.17, 15) is 9.59 Å². The normalized spacial score (nSPS) is 26.1. The summed E-state index contributed by atoms with van der Waals surface area (Å²) in [6, 6.07) is -0.462. The van der Waals surface area contributed by atoms with Crippen LogP contribution >= 0.6 is 0 Å². The molecule has 0 aromatic rings. The van der Waals surface area contributed by atoms with Gasteiger partial charge in [0.25, 0.3) is 0 Å². The Balaban J connectivity index is 2.56. The molecule has 5 heteroatoms. The summed E-state index contributed by atoms with van der Waals surface area (Å²) in [6.07, 6.45) is 1.87. The van der Waals surface area contributed by atoms with Crippen molar-refractivity contribution in [2.75, 3.05) is 27.2 Å². The molecule has 2 atom stereocenters. The van der Waals surface area contributed by atoms with E-state index in [1.165, 1.54) is 4.90 Å². The van der Waals surface area contributed by atoms with Gasteiger partial charge in [0.05, 0.1) is 5.41 Å². The summed E-state index contributed by atoms with van der Waals surface area (Å²) >= 11 is 0. The monoisotopic (exact) mass is 241 g/mol. The van der Waals surface area contributed by atoms with Crippen molar-refractivity contribution in [2.45, 2.75) is 32.7 Å². The Labute approximate surface area is 103 Å². The molecule has 2 amide bonds. The number of carbonyl (C=O) groups is 2. The molecule has 0 saturated carbocycles. The van der Waals surface area contributed by atoms with Gasteiger partial charge in [-0.15, -0.1) is 0 Å². The third-order valence-corrected chi connectivity index (χ3v) is 3.30. The summed E-state index contributed by atoms with van der Waals surface area (Å²) in [6.45, 7) is 5.32. The molecular weight excluding hydrogens is 218 g/mol. The quantitative estimate of drug-likeness (QED) is 0.729. The molecule has 5 nitrogen and oxygen atoms in total. The van der Waals surface area contributed by atoms with Crippen molar-refractivity contribution in [3.8, 4) is 0 Å². The van der Waals surface area contributed by atoms with Gasteiger partial charge in [-0.1, -0.05) is 0 Å². The highest BCUT2D eigenvalue weighted by Crippen LogP contribution is 2.25. The van der Waals surface area contributed by atoms with Gasteiger partial charge in [0.15, 0.2) is 0 Å². The molecular formula is C12H23N3O2. The van der Waals surface area contributed by atoms with Crippen LogP contribution in [0.3, 0.4) is 0 Å². The molecule has 0 spiro atoms. The van der Waals surface area contributed by atoms with Crippen LogP contribution < -0.4 is 10.6 Å². The average Bonchev–Trinajstić information content (AvgIpc) is 2.28. The molecule has 1 aliphatic rings. The van der Waals surface area contributed by atoms with E-state index >= 15 is 0 Å². The average molecular weight is 241 g/mol. The maximum atomic E-state index is 12.1. The van der Waals surface area contributed by atoms with Crippen molar-refractivity contribution >= 4 is 11.8 Å². The lowest BCUT2D eigenvalue weighted by Gasteiger charge is -2.33. The van der Waals surface area contributed by atoms with Crippen LogP contribution in [0.5, 0.6) is 0 Å². The van der Waals surface area contributed by atoms with Crippen molar-refractivity contribution in [1.82, 2.24) is 15.5 Å². The summed E-state index contributed by atoms with van der Waals surface area (Å²) in [5.41, 5.74) is -0.390. The second-order valence-electron chi connectivity index (χ2n) is 5.27. The molecule has 1 fully saturated rings. The fourth-order valence-corrected chi connectivity index (χ4v) is 2.07. The number of hydrogen-bond acceptors (Lipinski definition) is 3. The van der Waals surface area contributed by atoms with Crippen LogP contribution in [0.1, 0.15) is 26.7 Å². The van der Waals surface area contributed by atoms with Gasteiger partial charge < -0.3 is 15.5 Å². The zero-order valence-electron chi connectivity index (χ0n) is 11.2. The van der Waals surface area contributed by atoms with Gasteiger partial charge in [-0.25, -0.2) is 0 Å². The van der Waals surface area contributed by atoms with Gasteiger partial charge in [-0.05, 0) is 33.2 Å². The fourth-order valence-electron chi connectivity index (χ4n) is 2.07. The van der Waals surface area contributed by atoms with Gasteiger partial charge >= 0.3 is 0 Å². The molecule has 0 bridgehead atoms. The largest absolute Gasteiger partial charge is 0.347 e. The highest BCUT2D eigenvalue weighted by molar-refractivity contribution is 5.89. The van der Waals surface area contributed by atoms with Crippen LogP contribution in [0.15, 0.2) is 0 Å². The minimum absolute atomic E-state index is 0.0348. The lowest BCUT2D eigenvalue weighted by atomic mass is 9.81. The lowest BCUT2D eigenvalue weighted by molar-refractivity contribution is -0.138. The predicted molar refractivity (Wildman–Crippen MR) is 66.5 cm³/mol. The third kappa shape index (κ3) is 3.43. The number of hydrogen-bond donors (Lipinski definition) is 2. The second-order valence-corrected chi connectivity index (χ2v) is 5.27. The van der Waals surface area contributed by atoms with Crippen molar-refractivity contribution in [3.63, 3.8) is 0 Å². The molecule has 98 valence electrons. The highest BCUT2D eigenvalue weighted by atomic mass is 16.2. The Kier molecular flexibility index (Phi) is 4.51. The molecule has 2 N–H and O–H groups in total. The summed E-state index contributed by atoms with van der Waals surface area (Å²) in [5, 5.41) is 6.03. The Hall–Kier alpha value is -1.10. The zero-order valence-corrected chi connectivity index (χ0v) is 11.2. The second kappa shape index (κ2) is 5.49. The maximum Gasteiger partial charge on any atom is 0.244 e. The summed E-state index contributed by atoms with van der Waals surface area (Å²) < 4.78 is 0. The minimum Gasteiger partial charge on any atom is -0.347 e. The van der Waals surface area contributed by atoms with Gasteiger partial charge in [0.2, 0.25) is 11.8 Å². The van der Waals surface area contributed by atoms with Crippen molar-refractivity contribution in [1.29, 1.82) is 0 Å². The van der Waals surface area contributed by atoms with E-state index in [0.717, 1.165) is 19.4 Å². The SMILES string of the molecule is CC(NC(=O)C1(C)CCCNC1)C(=O)N(C)C. The molecule has 0 aromatic heterocycles. The van der Waals surface area contributed by atoms with Crippen LogP contribution in [0.25, 0.3) is 0 Å². The fraction of sp³-hybridized carbons (Fsp3) is 0.833. The number of nitrogens with zero attached hydrogens (tertiary/aromatic N) is 1. The van der Waals surface area contributed by atoms with Crippen LogP contribution in [0, 0.1) is 5.41 Å². The van der Waals surface area contributed by atoms with Crippen molar-refractivity contribution in [2.24, 2.45) is 5.41 Å². The Bertz CT molecular complexity index is 296. The first kappa shape index (κ1) is 14.0. The number of piperidine rings is 1. The van der Waals surface area contributed by atoms with E-state index in [-0.39, 0.29) is 17.2 Å². The van der Waals surface area contributed by atoms with Crippen LogP contribution in [-0.2, 0) is 9.59 Å². The number of likely N-dealkylation sites (N-methyl/N-ethyl adjacent to an activating group) is 1. The number of rotatable bonds is 3. The molecule has 2 unspecified atom stereocenters.